The van der Waals surface area contributed by atoms with Crippen molar-refractivity contribution < 1.29 is 10.2 Å². The van der Waals surface area contributed by atoms with E-state index in [9.17, 15) is 10.2 Å². The van der Waals surface area contributed by atoms with E-state index in [1.54, 1.807) is 0 Å². The third-order valence-electron chi connectivity index (χ3n) is 5.34. The third kappa shape index (κ3) is 4.08. The summed E-state index contributed by atoms with van der Waals surface area (Å²) in [6, 6.07) is 8.37. The normalized spacial score (nSPS) is 18.7. The van der Waals surface area contributed by atoms with Gasteiger partial charge in [0.25, 0.3) is 0 Å². The molecule has 1 aliphatic carbocycles. The van der Waals surface area contributed by atoms with Crippen molar-refractivity contribution in [2.45, 2.75) is 82.8 Å². The van der Waals surface area contributed by atoms with E-state index in [1.165, 1.54) is 12.0 Å². The zero-order valence-corrected chi connectivity index (χ0v) is 13.6. The molecule has 2 rings (SSSR count). The van der Waals surface area contributed by atoms with Crippen LogP contribution in [0.15, 0.2) is 24.3 Å². The molecular weight excluding hydrogens is 260 g/mol. The summed E-state index contributed by atoms with van der Waals surface area (Å²) in [5.74, 6) is 0. The van der Waals surface area contributed by atoms with Crippen LogP contribution in [-0.2, 0) is 12.0 Å². The van der Waals surface area contributed by atoms with E-state index in [0.29, 0.717) is 0 Å². The minimum absolute atomic E-state index is 0.544. The van der Waals surface area contributed by atoms with Crippen LogP contribution in [0.1, 0.15) is 76.3 Å². The van der Waals surface area contributed by atoms with Crippen LogP contribution >= 0.6 is 0 Å². The lowest BCUT2D eigenvalue weighted by Crippen LogP contribution is -2.29. The quantitative estimate of drug-likeness (QED) is 0.819. The highest BCUT2D eigenvalue weighted by Gasteiger charge is 2.31. The van der Waals surface area contributed by atoms with Crippen LogP contribution in [0.3, 0.4) is 0 Å². The molecule has 1 aromatic rings. The average Bonchev–Trinajstić information content (AvgIpc) is 2.54. The van der Waals surface area contributed by atoms with Crippen LogP contribution in [-0.4, -0.2) is 15.8 Å². The number of hydrogen-bond acceptors (Lipinski definition) is 2. The van der Waals surface area contributed by atoms with Crippen molar-refractivity contribution >= 4 is 0 Å². The Morgan fingerprint density at radius 2 is 1.76 bits per heavy atom. The maximum atomic E-state index is 10.8. The molecule has 0 bridgehead atoms. The Morgan fingerprint density at radius 3 is 2.38 bits per heavy atom. The van der Waals surface area contributed by atoms with Crippen molar-refractivity contribution in [3.05, 3.63) is 35.4 Å². The molecule has 0 atom stereocenters. The molecular formula is C19H30O2. The van der Waals surface area contributed by atoms with Crippen molar-refractivity contribution in [3.8, 4) is 0 Å². The molecule has 1 aromatic carbocycles. The molecule has 0 spiro atoms. The van der Waals surface area contributed by atoms with Gasteiger partial charge in [0.2, 0.25) is 0 Å². The van der Waals surface area contributed by atoms with Gasteiger partial charge in [-0.1, -0.05) is 57.4 Å². The standard InChI is InChI=1S/C19H30O2/c1-3-18(20,4-2)14-11-16-9-8-10-17(15-16)19(21)12-6-5-7-13-19/h8-10,15,20-21H,3-7,11-14H2,1-2H3. The minimum atomic E-state index is -0.625. The van der Waals surface area contributed by atoms with Crippen LogP contribution in [0.4, 0.5) is 0 Å². The Labute approximate surface area is 129 Å². The second-order valence-electron chi connectivity index (χ2n) is 6.72. The van der Waals surface area contributed by atoms with Gasteiger partial charge in [-0.15, -0.1) is 0 Å². The van der Waals surface area contributed by atoms with Gasteiger partial charge >= 0.3 is 0 Å². The van der Waals surface area contributed by atoms with Gasteiger partial charge in [0.15, 0.2) is 0 Å². The smallest absolute Gasteiger partial charge is 0.0896 e. The first-order valence-electron chi connectivity index (χ1n) is 8.55. The van der Waals surface area contributed by atoms with Crippen LogP contribution < -0.4 is 0 Å². The first kappa shape index (κ1) is 16.5. The summed E-state index contributed by atoms with van der Waals surface area (Å²) in [5.41, 5.74) is 1.13. The number of rotatable bonds is 6. The van der Waals surface area contributed by atoms with Crippen molar-refractivity contribution in [3.63, 3.8) is 0 Å². The highest BCUT2D eigenvalue weighted by atomic mass is 16.3. The average molecular weight is 290 g/mol. The molecule has 1 saturated carbocycles. The zero-order valence-electron chi connectivity index (χ0n) is 13.6. The van der Waals surface area contributed by atoms with Crippen molar-refractivity contribution in [1.82, 2.24) is 0 Å². The fourth-order valence-electron chi connectivity index (χ4n) is 3.42. The molecule has 0 amide bonds. The lowest BCUT2D eigenvalue weighted by Gasteiger charge is -2.33. The molecule has 2 N–H and O–H groups in total. The second-order valence-corrected chi connectivity index (χ2v) is 6.72. The maximum Gasteiger partial charge on any atom is 0.0896 e. The molecule has 2 nitrogen and oxygen atoms in total. The zero-order chi connectivity index (χ0) is 15.3. The van der Waals surface area contributed by atoms with Gasteiger partial charge in [0.05, 0.1) is 11.2 Å². The predicted molar refractivity (Wildman–Crippen MR) is 87.3 cm³/mol. The second kappa shape index (κ2) is 6.93. The SMILES string of the molecule is CCC(O)(CC)CCc1cccc(C2(O)CCCCC2)c1. The highest BCUT2D eigenvalue weighted by Crippen LogP contribution is 2.37. The molecule has 0 heterocycles. The molecule has 0 saturated heterocycles. The third-order valence-corrected chi connectivity index (χ3v) is 5.34. The Balaban J connectivity index is 2.07. The summed E-state index contributed by atoms with van der Waals surface area (Å²) >= 11 is 0. The lowest BCUT2D eigenvalue weighted by atomic mass is 9.79. The Bertz CT molecular complexity index is 443. The van der Waals surface area contributed by atoms with Crippen molar-refractivity contribution in [2.75, 3.05) is 0 Å². The van der Waals surface area contributed by atoms with Crippen LogP contribution in [0.2, 0.25) is 0 Å². The summed E-state index contributed by atoms with van der Waals surface area (Å²) < 4.78 is 0. The van der Waals surface area contributed by atoms with Gasteiger partial charge < -0.3 is 10.2 Å². The molecule has 0 unspecified atom stereocenters. The maximum absolute atomic E-state index is 10.8. The monoisotopic (exact) mass is 290 g/mol. The fraction of sp³-hybridized carbons (Fsp3) is 0.684. The number of hydrogen-bond donors (Lipinski definition) is 2. The summed E-state index contributed by atoms with van der Waals surface area (Å²) in [4.78, 5) is 0. The van der Waals surface area contributed by atoms with E-state index in [1.807, 2.05) is 19.9 Å². The first-order valence-corrected chi connectivity index (χ1v) is 8.55. The highest BCUT2D eigenvalue weighted by molar-refractivity contribution is 5.29. The molecule has 0 radical (unpaired) electrons. The Hall–Kier alpha value is -0.860. The van der Waals surface area contributed by atoms with Gasteiger partial charge in [-0.2, -0.15) is 0 Å². The molecule has 2 heteroatoms. The fourth-order valence-corrected chi connectivity index (χ4v) is 3.42. The molecule has 1 aliphatic rings. The van der Waals surface area contributed by atoms with Crippen LogP contribution in [0, 0.1) is 0 Å². The van der Waals surface area contributed by atoms with E-state index in [4.69, 9.17) is 0 Å². The summed E-state index contributed by atoms with van der Waals surface area (Å²) in [6.45, 7) is 4.09. The molecule has 0 aromatic heterocycles. The number of aryl methyl sites for hydroxylation is 1. The van der Waals surface area contributed by atoms with E-state index < -0.39 is 11.2 Å². The van der Waals surface area contributed by atoms with Crippen molar-refractivity contribution in [1.29, 1.82) is 0 Å². The molecule has 21 heavy (non-hydrogen) atoms. The Morgan fingerprint density at radius 1 is 1.10 bits per heavy atom. The number of aliphatic hydroxyl groups is 2. The van der Waals surface area contributed by atoms with Gasteiger partial charge in [-0.3, -0.25) is 0 Å². The van der Waals surface area contributed by atoms with E-state index in [0.717, 1.165) is 56.9 Å². The Kier molecular flexibility index (Phi) is 5.45. The van der Waals surface area contributed by atoms with Gasteiger partial charge in [-0.25, -0.2) is 0 Å². The van der Waals surface area contributed by atoms with Crippen LogP contribution in [0.25, 0.3) is 0 Å². The minimum Gasteiger partial charge on any atom is -0.390 e. The van der Waals surface area contributed by atoms with Crippen molar-refractivity contribution in [2.24, 2.45) is 0 Å². The molecule has 0 aliphatic heterocycles. The predicted octanol–water partition coefficient (Wildman–Crippen LogP) is 4.32. The summed E-state index contributed by atoms with van der Waals surface area (Å²) in [5, 5.41) is 21.2. The summed E-state index contributed by atoms with van der Waals surface area (Å²) in [7, 11) is 0. The molecule has 1 fully saturated rings. The molecule has 118 valence electrons. The number of benzene rings is 1. The van der Waals surface area contributed by atoms with Crippen LogP contribution in [0.5, 0.6) is 0 Å². The lowest BCUT2D eigenvalue weighted by molar-refractivity contribution is -0.000738. The summed E-state index contributed by atoms with van der Waals surface area (Å²) in [6.07, 6.45) is 8.50. The largest absolute Gasteiger partial charge is 0.390 e. The van der Waals surface area contributed by atoms with Gasteiger partial charge in [0, 0.05) is 0 Å². The van der Waals surface area contributed by atoms with E-state index in [2.05, 4.69) is 18.2 Å². The topological polar surface area (TPSA) is 40.5 Å². The van der Waals surface area contributed by atoms with E-state index >= 15 is 0 Å². The van der Waals surface area contributed by atoms with E-state index in [-0.39, 0.29) is 0 Å². The van der Waals surface area contributed by atoms with Gasteiger partial charge in [0.1, 0.15) is 0 Å². The van der Waals surface area contributed by atoms with Gasteiger partial charge in [-0.05, 0) is 49.7 Å². The first-order chi connectivity index (χ1) is 10.0.